The summed E-state index contributed by atoms with van der Waals surface area (Å²) in [7, 11) is 0. The monoisotopic (exact) mass is 274 g/mol. The van der Waals surface area contributed by atoms with E-state index in [4.69, 9.17) is 4.42 Å². The van der Waals surface area contributed by atoms with Crippen LogP contribution in [0.1, 0.15) is 37.9 Å². The van der Waals surface area contributed by atoms with Gasteiger partial charge in [0.05, 0.1) is 0 Å². The summed E-state index contributed by atoms with van der Waals surface area (Å²) in [6, 6.07) is 4.39. The lowest BCUT2D eigenvalue weighted by Crippen LogP contribution is -2.11. The molecular weight excluding hydrogens is 256 g/mol. The van der Waals surface area contributed by atoms with Crippen molar-refractivity contribution < 1.29 is 14.6 Å². The molecule has 1 aliphatic rings. The molecule has 0 atom stereocenters. The van der Waals surface area contributed by atoms with E-state index in [-0.39, 0.29) is 16.9 Å². The minimum absolute atomic E-state index is 0.0517. The Bertz CT molecular complexity index is 681. The Kier molecular flexibility index (Phi) is 3.38. The van der Waals surface area contributed by atoms with Gasteiger partial charge >= 0.3 is 5.63 Å². The Balaban J connectivity index is 1.98. The number of hydrogen-bond acceptors (Lipinski definition) is 4. The molecule has 1 aliphatic carbocycles. The molecule has 1 aromatic carbocycles. The smallest absolute Gasteiger partial charge is 0.347 e. The molecule has 2 aromatic rings. The van der Waals surface area contributed by atoms with Gasteiger partial charge in [0.25, 0.3) is 0 Å². The lowest BCUT2D eigenvalue weighted by Gasteiger charge is -2.20. The second-order valence-corrected chi connectivity index (χ2v) is 5.64. The molecule has 106 valence electrons. The number of aromatic hydroxyl groups is 2. The number of phenolic OH excluding ortho intramolecular Hbond substituents is 2. The molecule has 0 amide bonds. The molecule has 0 aliphatic heterocycles. The van der Waals surface area contributed by atoms with Gasteiger partial charge in [-0.25, -0.2) is 4.79 Å². The Morgan fingerprint density at radius 3 is 2.60 bits per heavy atom. The van der Waals surface area contributed by atoms with Crippen molar-refractivity contribution in [1.29, 1.82) is 0 Å². The third-order valence-electron chi connectivity index (χ3n) is 4.09. The predicted octanol–water partition coefficient (Wildman–Crippen LogP) is 3.33. The zero-order valence-corrected chi connectivity index (χ0v) is 11.3. The van der Waals surface area contributed by atoms with Crippen LogP contribution in [0.2, 0.25) is 0 Å². The van der Waals surface area contributed by atoms with Gasteiger partial charge in [-0.15, -0.1) is 0 Å². The van der Waals surface area contributed by atoms with Crippen LogP contribution in [-0.2, 0) is 6.42 Å². The van der Waals surface area contributed by atoms with Crippen molar-refractivity contribution in [2.75, 3.05) is 0 Å². The van der Waals surface area contributed by atoms with Gasteiger partial charge in [0.1, 0.15) is 22.6 Å². The topological polar surface area (TPSA) is 70.7 Å². The van der Waals surface area contributed by atoms with E-state index in [2.05, 4.69) is 0 Å². The summed E-state index contributed by atoms with van der Waals surface area (Å²) in [5.41, 5.74) is -0.536. The summed E-state index contributed by atoms with van der Waals surface area (Å²) < 4.78 is 5.32. The zero-order chi connectivity index (χ0) is 14.1. The van der Waals surface area contributed by atoms with Gasteiger partial charge in [0, 0.05) is 12.5 Å². The fourth-order valence-electron chi connectivity index (χ4n) is 3.12. The first-order valence-electron chi connectivity index (χ1n) is 7.12. The number of fused-ring (bicyclic) bond motifs is 1. The largest absolute Gasteiger partial charge is 0.508 e. The maximum absolute atomic E-state index is 12.0. The van der Waals surface area contributed by atoms with Crippen LogP contribution in [0.15, 0.2) is 27.4 Å². The molecule has 1 heterocycles. The van der Waals surface area contributed by atoms with E-state index < -0.39 is 5.63 Å². The van der Waals surface area contributed by atoms with Gasteiger partial charge < -0.3 is 14.6 Å². The maximum atomic E-state index is 12.0. The van der Waals surface area contributed by atoms with E-state index in [1.54, 1.807) is 6.07 Å². The Morgan fingerprint density at radius 2 is 1.85 bits per heavy atom. The van der Waals surface area contributed by atoms with Gasteiger partial charge in [-0.2, -0.15) is 0 Å². The molecule has 0 bridgehead atoms. The quantitative estimate of drug-likeness (QED) is 0.881. The molecule has 2 N–H and O–H groups in total. The second-order valence-electron chi connectivity index (χ2n) is 5.64. The van der Waals surface area contributed by atoms with Crippen LogP contribution in [0.3, 0.4) is 0 Å². The molecule has 1 saturated carbocycles. The van der Waals surface area contributed by atoms with Crippen LogP contribution in [0.5, 0.6) is 11.5 Å². The number of phenols is 2. The van der Waals surface area contributed by atoms with Crippen molar-refractivity contribution >= 4 is 10.8 Å². The Labute approximate surface area is 116 Å². The third-order valence-corrected chi connectivity index (χ3v) is 4.09. The van der Waals surface area contributed by atoms with Crippen LogP contribution in [-0.4, -0.2) is 10.2 Å². The fraction of sp³-hybridized carbons (Fsp3) is 0.438. The summed E-state index contributed by atoms with van der Waals surface area (Å²) in [6.07, 6.45) is 6.87. The number of rotatable bonds is 2. The van der Waals surface area contributed by atoms with Crippen LogP contribution in [0, 0.1) is 5.92 Å². The molecule has 4 heteroatoms. The Morgan fingerprint density at radius 1 is 1.10 bits per heavy atom. The summed E-state index contributed by atoms with van der Waals surface area (Å²) >= 11 is 0. The minimum atomic E-state index is -0.536. The number of benzene rings is 1. The van der Waals surface area contributed by atoms with Crippen LogP contribution >= 0.6 is 0 Å². The van der Waals surface area contributed by atoms with Crippen molar-refractivity contribution in [3.05, 3.63) is 34.4 Å². The standard InChI is InChI=1S/C16H18O4/c17-12-7-11-8-13(6-10-4-2-1-3-5-10)20-16(19)15(11)14(18)9-12/h7-10,17-18H,1-6H2. The highest BCUT2D eigenvalue weighted by Gasteiger charge is 2.17. The van der Waals surface area contributed by atoms with Gasteiger partial charge in [-0.3, -0.25) is 0 Å². The van der Waals surface area contributed by atoms with E-state index in [1.807, 2.05) is 0 Å². The summed E-state index contributed by atoms with van der Waals surface area (Å²) in [4.78, 5) is 12.0. The summed E-state index contributed by atoms with van der Waals surface area (Å²) in [5, 5.41) is 19.9. The maximum Gasteiger partial charge on any atom is 0.347 e. The second kappa shape index (κ2) is 5.19. The third kappa shape index (κ3) is 2.50. The fourth-order valence-corrected chi connectivity index (χ4v) is 3.12. The molecule has 0 saturated heterocycles. The first kappa shape index (κ1) is 13.0. The van der Waals surface area contributed by atoms with E-state index in [9.17, 15) is 15.0 Å². The summed E-state index contributed by atoms with van der Waals surface area (Å²) in [5.74, 6) is 0.914. The molecule has 1 aromatic heterocycles. The molecule has 1 fully saturated rings. The Hall–Kier alpha value is -1.97. The number of hydrogen-bond donors (Lipinski definition) is 2. The first-order chi connectivity index (χ1) is 9.63. The van der Waals surface area contributed by atoms with Gasteiger partial charge in [-0.05, 0) is 23.4 Å². The summed E-state index contributed by atoms with van der Waals surface area (Å²) in [6.45, 7) is 0. The highest BCUT2D eigenvalue weighted by Crippen LogP contribution is 2.30. The predicted molar refractivity (Wildman–Crippen MR) is 76.1 cm³/mol. The molecule has 4 nitrogen and oxygen atoms in total. The molecule has 20 heavy (non-hydrogen) atoms. The molecule has 0 unspecified atom stereocenters. The van der Waals surface area contributed by atoms with Gasteiger partial charge in [0.2, 0.25) is 0 Å². The average molecular weight is 274 g/mol. The van der Waals surface area contributed by atoms with Crippen molar-refractivity contribution in [3.8, 4) is 11.5 Å². The van der Waals surface area contributed by atoms with Crippen LogP contribution in [0.25, 0.3) is 10.8 Å². The highest BCUT2D eigenvalue weighted by atomic mass is 16.4. The lowest BCUT2D eigenvalue weighted by molar-refractivity contribution is 0.327. The van der Waals surface area contributed by atoms with E-state index in [0.717, 1.165) is 12.5 Å². The SMILES string of the molecule is O=c1oc(CC2CCCCC2)cc2cc(O)cc(O)c12. The van der Waals surface area contributed by atoms with Gasteiger partial charge in [0.15, 0.2) is 0 Å². The first-order valence-corrected chi connectivity index (χ1v) is 7.12. The van der Waals surface area contributed by atoms with Gasteiger partial charge in [-0.1, -0.05) is 32.1 Å². The van der Waals surface area contributed by atoms with Crippen molar-refractivity contribution in [1.82, 2.24) is 0 Å². The average Bonchev–Trinajstić information content (AvgIpc) is 2.38. The highest BCUT2D eigenvalue weighted by molar-refractivity contribution is 5.88. The normalized spacial score (nSPS) is 16.6. The van der Waals surface area contributed by atoms with E-state index >= 15 is 0 Å². The van der Waals surface area contributed by atoms with E-state index in [1.165, 1.54) is 38.2 Å². The van der Waals surface area contributed by atoms with Crippen LogP contribution in [0.4, 0.5) is 0 Å². The van der Waals surface area contributed by atoms with Crippen LogP contribution < -0.4 is 5.63 Å². The lowest BCUT2D eigenvalue weighted by atomic mass is 9.86. The van der Waals surface area contributed by atoms with E-state index in [0.29, 0.717) is 17.1 Å². The molecule has 0 spiro atoms. The van der Waals surface area contributed by atoms with Crippen molar-refractivity contribution in [2.45, 2.75) is 38.5 Å². The van der Waals surface area contributed by atoms with Crippen molar-refractivity contribution in [3.63, 3.8) is 0 Å². The molecule has 0 radical (unpaired) electrons. The minimum Gasteiger partial charge on any atom is -0.508 e. The molecular formula is C16H18O4. The molecule has 3 rings (SSSR count). The zero-order valence-electron chi connectivity index (χ0n) is 11.3. The van der Waals surface area contributed by atoms with Crippen molar-refractivity contribution in [2.24, 2.45) is 5.92 Å².